The molecule has 0 heterocycles. The summed E-state index contributed by atoms with van der Waals surface area (Å²) in [5, 5.41) is 15.3. The van der Waals surface area contributed by atoms with E-state index in [9.17, 15) is 14.7 Å². The van der Waals surface area contributed by atoms with E-state index in [0.29, 0.717) is 12.1 Å². The van der Waals surface area contributed by atoms with E-state index in [2.05, 4.69) is 10.6 Å². The number of amides is 2. The molecule has 2 atom stereocenters. The van der Waals surface area contributed by atoms with Crippen LogP contribution in [0, 0.1) is 13.8 Å². The lowest BCUT2D eigenvalue weighted by atomic mass is 9.92. The number of aliphatic hydroxyl groups is 1. The first kappa shape index (κ1) is 16.5. The van der Waals surface area contributed by atoms with E-state index in [-0.39, 0.29) is 24.3 Å². The van der Waals surface area contributed by atoms with Crippen LogP contribution in [0.1, 0.15) is 43.2 Å². The van der Waals surface area contributed by atoms with Gasteiger partial charge in [0.1, 0.15) is 6.42 Å². The van der Waals surface area contributed by atoms with Crippen molar-refractivity contribution in [2.45, 2.75) is 58.1 Å². The maximum absolute atomic E-state index is 11.9. The molecule has 0 bridgehead atoms. The fraction of sp³-hybridized carbons (Fsp3) is 0.529. The average molecular weight is 304 g/mol. The van der Waals surface area contributed by atoms with Crippen LogP contribution in [-0.2, 0) is 9.59 Å². The number of benzene rings is 1. The molecule has 0 aliphatic heterocycles. The van der Waals surface area contributed by atoms with Crippen LogP contribution in [0.2, 0.25) is 0 Å². The van der Waals surface area contributed by atoms with Crippen LogP contribution in [0.4, 0.5) is 5.69 Å². The first-order valence-corrected chi connectivity index (χ1v) is 7.79. The lowest BCUT2D eigenvalue weighted by molar-refractivity contribution is -0.128. The van der Waals surface area contributed by atoms with Crippen molar-refractivity contribution in [2.75, 3.05) is 5.32 Å². The van der Waals surface area contributed by atoms with Crippen molar-refractivity contribution in [1.82, 2.24) is 5.32 Å². The SMILES string of the molecule is Cc1cc(C)cc(NC(=O)CC(=O)NC2CCCCC2O)c1. The number of nitrogens with one attached hydrogen (secondary N) is 2. The molecule has 1 aromatic carbocycles. The van der Waals surface area contributed by atoms with E-state index in [0.717, 1.165) is 30.4 Å². The molecule has 22 heavy (non-hydrogen) atoms. The Morgan fingerprint density at radius 3 is 2.36 bits per heavy atom. The number of carbonyl (C=O) groups is 2. The van der Waals surface area contributed by atoms with Gasteiger partial charge in [-0.05, 0) is 49.9 Å². The largest absolute Gasteiger partial charge is 0.391 e. The van der Waals surface area contributed by atoms with Crippen molar-refractivity contribution in [3.63, 3.8) is 0 Å². The van der Waals surface area contributed by atoms with Crippen molar-refractivity contribution in [3.05, 3.63) is 29.3 Å². The summed E-state index contributed by atoms with van der Waals surface area (Å²) in [7, 11) is 0. The highest BCUT2D eigenvalue weighted by Gasteiger charge is 2.25. The zero-order chi connectivity index (χ0) is 16.1. The fourth-order valence-electron chi connectivity index (χ4n) is 2.94. The summed E-state index contributed by atoms with van der Waals surface area (Å²) in [4.78, 5) is 23.8. The number of aliphatic hydroxyl groups excluding tert-OH is 1. The van der Waals surface area contributed by atoms with Gasteiger partial charge in [0, 0.05) is 5.69 Å². The molecule has 3 N–H and O–H groups in total. The van der Waals surface area contributed by atoms with E-state index in [1.54, 1.807) is 0 Å². The predicted molar refractivity (Wildman–Crippen MR) is 85.6 cm³/mol. The molecule has 1 aliphatic carbocycles. The molecule has 0 saturated heterocycles. The van der Waals surface area contributed by atoms with Gasteiger partial charge in [-0.15, -0.1) is 0 Å². The zero-order valence-electron chi connectivity index (χ0n) is 13.2. The number of carbonyl (C=O) groups excluding carboxylic acids is 2. The Morgan fingerprint density at radius 1 is 1.09 bits per heavy atom. The highest BCUT2D eigenvalue weighted by molar-refractivity contribution is 6.03. The Morgan fingerprint density at radius 2 is 1.73 bits per heavy atom. The molecule has 0 spiro atoms. The Hall–Kier alpha value is -1.88. The van der Waals surface area contributed by atoms with Crippen molar-refractivity contribution >= 4 is 17.5 Å². The standard InChI is InChI=1S/C17H24N2O3/c1-11-7-12(2)9-13(8-11)18-16(21)10-17(22)19-14-5-3-4-6-15(14)20/h7-9,14-15,20H,3-6,10H2,1-2H3,(H,18,21)(H,19,22). The maximum atomic E-state index is 11.9. The van der Waals surface area contributed by atoms with Crippen LogP contribution in [0.15, 0.2) is 18.2 Å². The lowest BCUT2D eigenvalue weighted by Crippen LogP contribution is -2.45. The minimum absolute atomic E-state index is 0.226. The molecule has 1 fully saturated rings. The van der Waals surface area contributed by atoms with Crippen molar-refractivity contribution in [3.8, 4) is 0 Å². The van der Waals surface area contributed by atoms with Crippen molar-refractivity contribution in [1.29, 1.82) is 0 Å². The molecule has 1 aromatic rings. The molecule has 120 valence electrons. The van der Waals surface area contributed by atoms with Crippen LogP contribution in [0.3, 0.4) is 0 Å². The predicted octanol–water partition coefficient (Wildman–Crippen LogP) is 2.05. The van der Waals surface area contributed by atoms with Gasteiger partial charge in [0.05, 0.1) is 12.1 Å². The van der Waals surface area contributed by atoms with E-state index < -0.39 is 6.10 Å². The molecule has 5 nitrogen and oxygen atoms in total. The highest BCUT2D eigenvalue weighted by atomic mass is 16.3. The molecule has 2 unspecified atom stereocenters. The molecule has 0 radical (unpaired) electrons. The van der Waals surface area contributed by atoms with Gasteiger partial charge in [0.25, 0.3) is 0 Å². The average Bonchev–Trinajstić information content (AvgIpc) is 2.39. The summed E-state index contributed by atoms with van der Waals surface area (Å²) in [5.41, 5.74) is 2.82. The molecule has 5 heteroatoms. The molecule has 0 aromatic heterocycles. The minimum Gasteiger partial charge on any atom is -0.391 e. The normalized spacial score (nSPS) is 21.2. The van der Waals surface area contributed by atoms with Crippen LogP contribution >= 0.6 is 0 Å². The first-order valence-electron chi connectivity index (χ1n) is 7.79. The second kappa shape index (κ2) is 7.40. The Labute approximate surface area is 131 Å². The number of hydrogen-bond acceptors (Lipinski definition) is 3. The lowest BCUT2D eigenvalue weighted by Gasteiger charge is -2.28. The molecule has 2 rings (SSSR count). The summed E-state index contributed by atoms with van der Waals surface area (Å²) >= 11 is 0. The third-order valence-corrected chi connectivity index (χ3v) is 3.90. The molecule has 2 amide bonds. The second-order valence-corrected chi connectivity index (χ2v) is 6.13. The van der Waals surface area contributed by atoms with Gasteiger partial charge >= 0.3 is 0 Å². The number of anilines is 1. The van der Waals surface area contributed by atoms with Gasteiger partial charge in [-0.1, -0.05) is 18.9 Å². The summed E-state index contributed by atoms with van der Waals surface area (Å²) < 4.78 is 0. The van der Waals surface area contributed by atoms with Crippen molar-refractivity contribution in [2.24, 2.45) is 0 Å². The van der Waals surface area contributed by atoms with Crippen molar-refractivity contribution < 1.29 is 14.7 Å². The third-order valence-electron chi connectivity index (χ3n) is 3.90. The monoisotopic (exact) mass is 304 g/mol. The van der Waals surface area contributed by atoms with E-state index >= 15 is 0 Å². The summed E-state index contributed by atoms with van der Waals surface area (Å²) in [6, 6.07) is 5.53. The van der Waals surface area contributed by atoms with Crippen LogP contribution in [0.25, 0.3) is 0 Å². The van der Waals surface area contributed by atoms with Crippen LogP contribution in [-0.4, -0.2) is 29.1 Å². The van der Waals surface area contributed by atoms with Gasteiger partial charge in [-0.2, -0.15) is 0 Å². The molecule has 1 aliphatic rings. The summed E-state index contributed by atoms with van der Waals surface area (Å²) in [5.74, 6) is -0.680. The second-order valence-electron chi connectivity index (χ2n) is 6.13. The number of rotatable bonds is 4. The first-order chi connectivity index (χ1) is 10.4. The third kappa shape index (κ3) is 4.84. The minimum atomic E-state index is -0.500. The van der Waals surface area contributed by atoms with E-state index in [1.807, 2.05) is 32.0 Å². The van der Waals surface area contributed by atoms with Crippen LogP contribution in [0.5, 0.6) is 0 Å². The van der Waals surface area contributed by atoms with Gasteiger partial charge < -0.3 is 15.7 Å². The van der Waals surface area contributed by atoms with Gasteiger partial charge in [0.2, 0.25) is 11.8 Å². The van der Waals surface area contributed by atoms with E-state index in [4.69, 9.17) is 0 Å². The van der Waals surface area contributed by atoms with Gasteiger partial charge in [0.15, 0.2) is 0 Å². The topological polar surface area (TPSA) is 78.4 Å². The summed E-state index contributed by atoms with van der Waals surface area (Å²) in [6.45, 7) is 3.92. The molecular formula is C17H24N2O3. The highest BCUT2D eigenvalue weighted by Crippen LogP contribution is 2.18. The zero-order valence-corrected chi connectivity index (χ0v) is 13.2. The van der Waals surface area contributed by atoms with E-state index in [1.165, 1.54) is 0 Å². The fourth-order valence-corrected chi connectivity index (χ4v) is 2.94. The van der Waals surface area contributed by atoms with Crippen LogP contribution < -0.4 is 10.6 Å². The molecular weight excluding hydrogens is 280 g/mol. The Balaban J connectivity index is 1.84. The quantitative estimate of drug-likeness (QED) is 0.745. The maximum Gasteiger partial charge on any atom is 0.233 e. The smallest absolute Gasteiger partial charge is 0.233 e. The summed E-state index contributed by atoms with van der Waals surface area (Å²) in [6.07, 6.45) is 2.74. The van der Waals surface area contributed by atoms with Gasteiger partial charge in [-0.3, -0.25) is 9.59 Å². The Bertz CT molecular complexity index is 537. The number of hydrogen-bond donors (Lipinski definition) is 3. The van der Waals surface area contributed by atoms with Gasteiger partial charge in [-0.25, -0.2) is 0 Å². The molecule has 1 saturated carbocycles. The Kier molecular flexibility index (Phi) is 5.55. The number of aryl methyl sites for hydroxylation is 2.